The van der Waals surface area contributed by atoms with Gasteiger partial charge in [-0.1, -0.05) is 54.2 Å². The van der Waals surface area contributed by atoms with Crippen molar-refractivity contribution in [2.75, 3.05) is 6.79 Å². The molecule has 0 spiro atoms. The highest BCUT2D eigenvalue weighted by molar-refractivity contribution is 7.98. The lowest BCUT2D eigenvalue weighted by Crippen LogP contribution is -2.04. The number of aromatic nitrogens is 4. The van der Waals surface area contributed by atoms with Crippen molar-refractivity contribution in [3.8, 4) is 22.9 Å². The second kappa shape index (κ2) is 7.97. The van der Waals surface area contributed by atoms with E-state index in [-0.39, 0.29) is 6.79 Å². The Kier molecular flexibility index (Phi) is 4.88. The molecule has 0 N–H and O–H groups in total. The van der Waals surface area contributed by atoms with Crippen molar-refractivity contribution in [3.63, 3.8) is 0 Å². The van der Waals surface area contributed by atoms with E-state index in [4.69, 9.17) is 9.47 Å². The molecule has 2 aromatic heterocycles. The van der Waals surface area contributed by atoms with E-state index in [0.717, 1.165) is 45.1 Å². The van der Waals surface area contributed by atoms with E-state index >= 15 is 0 Å². The van der Waals surface area contributed by atoms with Crippen LogP contribution in [0.4, 0.5) is 0 Å². The van der Waals surface area contributed by atoms with Crippen molar-refractivity contribution in [1.82, 2.24) is 19.7 Å². The van der Waals surface area contributed by atoms with Crippen LogP contribution in [0.2, 0.25) is 0 Å². The summed E-state index contributed by atoms with van der Waals surface area (Å²) in [6, 6.07) is 22.1. The molecule has 2 aromatic carbocycles. The van der Waals surface area contributed by atoms with Gasteiger partial charge >= 0.3 is 0 Å². The predicted octanol–water partition coefficient (Wildman–Crippen LogP) is 4.41. The third-order valence-corrected chi connectivity index (χ3v) is 5.60. The Morgan fingerprint density at radius 3 is 2.62 bits per heavy atom. The largest absolute Gasteiger partial charge is 0.454 e. The van der Waals surface area contributed by atoms with Gasteiger partial charge in [0, 0.05) is 17.5 Å². The first kappa shape index (κ1) is 17.8. The lowest BCUT2D eigenvalue weighted by molar-refractivity contribution is 0.174. The maximum absolute atomic E-state index is 5.53. The molecule has 144 valence electrons. The van der Waals surface area contributed by atoms with E-state index in [2.05, 4.69) is 25.8 Å². The molecule has 0 saturated carbocycles. The minimum Gasteiger partial charge on any atom is -0.454 e. The standard InChI is InChI=1S/C22H18N4O2S/c1-2-6-17(7-3-1)21-24-25-22(29-14-18-8-4-5-11-23-18)26(21)13-16-9-10-19-20(12-16)28-15-27-19/h1-12H,13-15H2. The van der Waals surface area contributed by atoms with Crippen molar-refractivity contribution in [2.24, 2.45) is 0 Å². The molecular weight excluding hydrogens is 384 g/mol. The number of thioether (sulfide) groups is 1. The molecule has 0 bridgehead atoms. The van der Waals surface area contributed by atoms with Gasteiger partial charge in [-0.05, 0) is 29.8 Å². The third-order valence-electron chi connectivity index (χ3n) is 4.60. The quantitative estimate of drug-likeness (QED) is 0.445. The molecule has 1 aliphatic heterocycles. The molecule has 0 fully saturated rings. The molecular formula is C22H18N4O2S. The number of hydrogen-bond donors (Lipinski definition) is 0. The van der Waals surface area contributed by atoms with E-state index < -0.39 is 0 Å². The first-order valence-corrected chi connectivity index (χ1v) is 10.3. The first-order valence-electron chi connectivity index (χ1n) is 9.27. The molecule has 7 heteroatoms. The Balaban J connectivity index is 1.47. The normalized spacial score (nSPS) is 12.3. The number of ether oxygens (including phenoxy) is 2. The van der Waals surface area contributed by atoms with Gasteiger partial charge in [-0.3, -0.25) is 9.55 Å². The van der Waals surface area contributed by atoms with Gasteiger partial charge in [-0.25, -0.2) is 0 Å². The second-order valence-electron chi connectivity index (χ2n) is 6.56. The number of benzene rings is 2. The Morgan fingerprint density at radius 2 is 1.76 bits per heavy atom. The molecule has 0 unspecified atom stereocenters. The minimum absolute atomic E-state index is 0.270. The fourth-order valence-corrected chi connectivity index (χ4v) is 4.04. The summed E-state index contributed by atoms with van der Waals surface area (Å²) in [5, 5.41) is 9.81. The summed E-state index contributed by atoms with van der Waals surface area (Å²) in [6.45, 7) is 0.907. The summed E-state index contributed by atoms with van der Waals surface area (Å²) in [5.41, 5.74) is 3.15. The van der Waals surface area contributed by atoms with Gasteiger partial charge in [0.1, 0.15) is 0 Å². The number of pyridine rings is 1. The molecule has 3 heterocycles. The monoisotopic (exact) mass is 402 g/mol. The zero-order valence-corrected chi connectivity index (χ0v) is 16.4. The number of fused-ring (bicyclic) bond motifs is 1. The van der Waals surface area contributed by atoms with Gasteiger partial charge in [0.05, 0.1) is 12.2 Å². The van der Waals surface area contributed by atoms with Gasteiger partial charge in [0.25, 0.3) is 0 Å². The zero-order valence-electron chi connectivity index (χ0n) is 15.6. The fraction of sp³-hybridized carbons (Fsp3) is 0.136. The van der Waals surface area contributed by atoms with Crippen LogP contribution in [0.1, 0.15) is 11.3 Å². The van der Waals surface area contributed by atoms with E-state index in [1.165, 1.54) is 0 Å². The Morgan fingerprint density at radius 1 is 0.897 bits per heavy atom. The third kappa shape index (κ3) is 3.82. The van der Waals surface area contributed by atoms with Gasteiger partial charge in [-0.2, -0.15) is 0 Å². The summed E-state index contributed by atoms with van der Waals surface area (Å²) < 4.78 is 13.1. The fourth-order valence-electron chi connectivity index (χ4n) is 3.18. The Hall–Kier alpha value is -3.32. The van der Waals surface area contributed by atoms with Gasteiger partial charge < -0.3 is 9.47 Å². The second-order valence-corrected chi connectivity index (χ2v) is 7.50. The maximum Gasteiger partial charge on any atom is 0.231 e. The lowest BCUT2D eigenvalue weighted by Gasteiger charge is -2.11. The number of nitrogens with zero attached hydrogens (tertiary/aromatic N) is 4. The van der Waals surface area contributed by atoms with Crippen LogP contribution in [0.3, 0.4) is 0 Å². The summed E-state index contributed by atoms with van der Waals surface area (Å²) in [5.74, 6) is 3.13. The van der Waals surface area contributed by atoms with E-state index in [1.54, 1.807) is 11.8 Å². The smallest absolute Gasteiger partial charge is 0.231 e. The molecule has 1 aliphatic rings. The average molecular weight is 402 g/mol. The van der Waals surface area contributed by atoms with Crippen molar-refractivity contribution in [3.05, 3.63) is 84.2 Å². The highest BCUT2D eigenvalue weighted by Crippen LogP contribution is 2.34. The minimum atomic E-state index is 0.270. The van der Waals surface area contributed by atoms with Crippen LogP contribution in [0.15, 0.2) is 78.1 Å². The van der Waals surface area contributed by atoms with Crippen LogP contribution in [0.5, 0.6) is 11.5 Å². The summed E-state index contributed by atoms with van der Waals surface area (Å²) in [7, 11) is 0. The van der Waals surface area contributed by atoms with Crippen molar-refractivity contribution < 1.29 is 9.47 Å². The van der Waals surface area contributed by atoms with Gasteiger partial charge in [0.2, 0.25) is 6.79 Å². The van der Waals surface area contributed by atoms with Crippen LogP contribution >= 0.6 is 11.8 Å². The summed E-state index contributed by atoms with van der Waals surface area (Å²) in [6.07, 6.45) is 1.81. The predicted molar refractivity (Wildman–Crippen MR) is 111 cm³/mol. The van der Waals surface area contributed by atoms with Gasteiger partial charge in [-0.15, -0.1) is 10.2 Å². The highest BCUT2D eigenvalue weighted by atomic mass is 32.2. The average Bonchev–Trinajstić information content (AvgIpc) is 3.40. The van der Waals surface area contributed by atoms with E-state index in [1.807, 2.05) is 66.9 Å². The van der Waals surface area contributed by atoms with Crippen LogP contribution < -0.4 is 9.47 Å². The molecule has 6 nitrogen and oxygen atoms in total. The summed E-state index contributed by atoms with van der Waals surface area (Å²) >= 11 is 1.63. The van der Waals surface area contributed by atoms with E-state index in [9.17, 15) is 0 Å². The molecule has 0 radical (unpaired) electrons. The van der Waals surface area contributed by atoms with Crippen LogP contribution in [-0.4, -0.2) is 26.5 Å². The lowest BCUT2D eigenvalue weighted by atomic mass is 10.2. The Bertz CT molecular complexity index is 1120. The van der Waals surface area contributed by atoms with Crippen molar-refractivity contribution in [1.29, 1.82) is 0 Å². The van der Waals surface area contributed by atoms with Crippen LogP contribution in [0, 0.1) is 0 Å². The molecule has 0 atom stereocenters. The molecule has 4 aromatic rings. The van der Waals surface area contributed by atoms with E-state index in [0.29, 0.717) is 6.54 Å². The highest BCUT2D eigenvalue weighted by Gasteiger charge is 2.18. The molecule has 5 rings (SSSR count). The summed E-state index contributed by atoms with van der Waals surface area (Å²) in [4.78, 5) is 4.40. The molecule has 29 heavy (non-hydrogen) atoms. The number of hydrogen-bond acceptors (Lipinski definition) is 6. The Labute approximate surface area is 172 Å². The topological polar surface area (TPSA) is 62.1 Å². The maximum atomic E-state index is 5.53. The molecule has 0 amide bonds. The zero-order chi connectivity index (χ0) is 19.5. The molecule has 0 aliphatic carbocycles. The SMILES string of the molecule is c1ccc(-c2nnc(SCc3ccccn3)n2Cc2ccc3c(c2)OCO3)cc1. The molecule has 0 saturated heterocycles. The first-order chi connectivity index (χ1) is 14.4. The van der Waals surface area contributed by atoms with Gasteiger partial charge in [0.15, 0.2) is 22.5 Å². The van der Waals surface area contributed by atoms with Crippen LogP contribution in [0.25, 0.3) is 11.4 Å². The number of rotatable bonds is 6. The van der Waals surface area contributed by atoms with Crippen molar-refractivity contribution >= 4 is 11.8 Å². The van der Waals surface area contributed by atoms with Crippen LogP contribution in [-0.2, 0) is 12.3 Å². The van der Waals surface area contributed by atoms with Crippen molar-refractivity contribution in [2.45, 2.75) is 17.5 Å².